The predicted octanol–water partition coefficient (Wildman–Crippen LogP) is 3.53. The highest BCUT2D eigenvalue weighted by molar-refractivity contribution is 7.11. The molecule has 0 aliphatic rings. The summed E-state index contributed by atoms with van der Waals surface area (Å²) in [5.41, 5.74) is 1.04. The molecule has 3 heteroatoms. The fourth-order valence-electron chi connectivity index (χ4n) is 1.72. The molecule has 0 spiro atoms. The van der Waals surface area contributed by atoms with Crippen LogP contribution >= 0.6 is 11.3 Å². The van der Waals surface area contributed by atoms with Gasteiger partial charge in [-0.15, -0.1) is 11.3 Å². The van der Waals surface area contributed by atoms with Gasteiger partial charge in [-0.3, -0.25) is 0 Å². The Morgan fingerprint density at radius 1 is 1.24 bits per heavy atom. The SMILES string of the molecule is Cc1ccc(CNCCc2cccc(F)c2)s1. The summed E-state index contributed by atoms with van der Waals surface area (Å²) in [7, 11) is 0. The van der Waals surface area contributed by atoms with E-state index < -0.39 is 0 Å². The Balaban J connectivity index is 1.73. The fraction of sp³-hybridized carbons (Fsp3) is 0.286. The van der Waals surface area contributed by atoms with E-state index in [0.717, 1.165) is 25.1 Å². The maximum Gasteiger partial charge on any atom is 0.123 e. The number of aryl methyl sites for hydroxylation is 1. The summed E-state index contributed by atoms with van der Waals surface area (Å²) in [6, 6.07) is 11.1. The first-order valence-corrected chi connectivity index (χ1v) is 6.56. The minimum atomic E-state index is -0.156. The standard InChI is InChI=1S/C14H16FNS/c1-11-5-6-14(17-11)10-16-8-7-12-3-2-4-13(15)9-12/h2-6,9,16H,7-8,10H2,1H3. The smallest absolute Gasteiger partial charge is 0.123 e. The van der Waals surface area contributed by atoms with Crippen LogP contribution < -0.4 is 5.32 Å². The molecule has 1 aromatic carbocycles. The second-order valence-corrected chi connectivity index (χ2v) is 5.44. The zero-order chi connectivity index (χ0) is 12.1. The number of thiophene rings is 1. The molecule has 0 atom stereocenters. The summed E-state index contributed by atoms with van der Waals surface area (Å²) in [4.78, 5) is 2.69. The van der Waals surface area contributed by atoms with E-state index >= 15 is 0 Å². The minimum Gasteiger partial charge on any atom is -0.312 e. The summed E-state index contributed by atoms with van der Waals surface area (Å²) < 4.78 is 12.9. The number of benzene rings is 1. The first-order valence-electron chi connectivity index (χ1n) is 5.74. The molecule has 0 radical (unpaired) electrons. The van der Waals surface area contributed by atoms with Crippen LogP contribution in [0.25, 0.3) is 0 Å². The molecule has 0 aliphatic carbocycles. The van der Waals surface area contributed by atoms with E-state index in [1.807, 2.05) is 17.4 Å². The molecular formula is C14H16FNS. The molecule has 0 amide bonds. The summed E-state index contributed by atoms with van der Waals surface area (Å²) in [5, 5.41) is 3.37. The van der Waals surface area contributed by atoms with Gasteiger partial charge in [0.05, 0.1) is 0 Å². The Morgan fingerprint density at radius 3 is 2.82 bits per heavy atom. The number of rotatable bonds is 5. The van der Waals surface area contributed by atoms with E-state index in [9.17, 15) is 4.39 Å². The first kappa shape index (κ1) is 12.3. The molecule has 0 saturated heterocycles. The van der Waals surface area contributed by atoms with Crippen LogP contribution in [0.3, 0.4) is 0 Å². The van der Waals surface area contributed by atoms with Crippen molar-refractivity contribution in [3.05, 3.63) is 57.5 Å². The van der Waals surface area contributed by atoms with Crippen molar-refractivity contribution in [3.8, 4) is 0 Å². The summed E-state index contributed by atoms with van der Waals surface area (Å²) in [6.07, 6.45) is 0.863. The van der Waals surface area contributed by atoms with Crippen molar-refractivity contribution < 1.29 is 4.39 Å². The highest BCUT2D eigenvalue weighted by Gasteiger charge is 1.97. The number of halogens is 1. The van der Waals surface area contributed by atoms with Gasteiger partial charge in [-0.25, -0.2) is 4.39 Å². The van der Waals surface area contributed by atoms with Crippen molar-refractivity contribution in [1.82, 2.24) is 5.32 Å². The van der Waals surface area contributed by atoms with Gasteiger partial charge in [0, 0.05) is 16.3 Å². The van der Waals surface area contributed by atoms with Gasteiger partial charge in [0.25, 0.3) is 0 Å². The molecule has 1 nitrogen and oxygen atoms in total. The van der Waals surface area contributed by atoms with Crippen LogP contribution in [0.4, 0.5) is 4.39 Å². The quantitative estimate of drug-likeness (QED) is 0.799. The maximum absolute atomic E-state index is 12.9. The van der Waals surface area contributed by atoms with E-state index in [2.05, 4.69) is 24.4 Å². The average Bonchev–Trinajstić information content (AvgIpc) is 2.71. The van der Waals surface area contributed by atoms with Gasteiger partial charge in [0.1, 0.15) is 5.82 Å². The Labute approximate surface area is 105 Å². The second-order valence-electron chi connectivity index (χ2n) is 4.07. The third-order valence-corrected chi connectivity index (χ3v) is 3.58. The van der Waals surface area contributed by atoms with Crippen molar-refractivity contribution in [2.45, 2.75) is 19.9 Å². The molecule has 0 aliphatic heterocycles. The van der Waals surface area contributed by atoms with E-state index in [0.29, 0.717) is 0 Å². The second kappa shape index (κ2) is 5.94. The zero-order valence-corrected chi connectivity index (χ0v) is 10.7. The summed E-state index contributed by atoms with van der Waals surface area (Å²) in [5.74, 6) is -0.156. The number of hydrogen-bond acceptors (Lipinski definition) is 2. The van der Waals surface area contributed by atoms with Crippen molar-refractivity contribution in [1.29, 1.82) is 0 Å². The molecule has 1 N–H and O–H groups in total. The van der Waals surface area contributed by atoms with Crippen LogP contribution in [-0.4, -0.2) is 6.54 Å². The lowest BCUT2D eigenvalue weighted by molar-refractivity contribution is 0.623. The molecule has 90 valence electrons. The fourth-order valence-corrected chi connectivity index (χ4v) is 2.58. The van der Waals surface area contributed by atoms with Crippen LogP contribution in [0, 0.1) is 12.7 Å². The number of nitrogens with one attached hydrogen (secondary N) is 1. The van der Waals surface area contributed by atoms with Crippen molar-refractivity contribution >= 4 is 11.3 Å². The van der Waals surface area contributed by atoms with Crippen molar-refractivity contribution in [2.24, 2.45) is 0 Å². The van der Waals surface area contributed by atoms with Crippen molar-refractivity contribution in [2.75, 3.05) is 6.54 Å². The van der Waals surface area contributed by atoms with Gasteiger partial charge in [0.15, 0.2) is 0 Å². The van der Waals surface area contributed by atoms with Gasteiger partial charge in [-0.05, 0) is 49.7 Å². The summed E-state index contributed by atoms with van der Waals surface area (Å²) in [6.45, 7) is 3.88. The third-order valence-electron chi connectivity index (χ3n) is 2.57. The van der Waals surface area contributed by atoms with E-state index in [1.54, 1.807) is 12.1 Å². The monoisotopic (exact) mass is 249 g/mol. The molecule has 2 aromatic rings. The van der Waals surface area contributed by atoms with Gasteiger partial charge in [-0.2, -0.15) is 0 Å². The Morgan fingerprint density at radius 2 is 2.12 bits per heavy atom. The van der Waals surface area contributed by atoms with Crippen LogP contribution in [0.1, 0.15) is 15.3 Å². The van der Waals surface area contributed by atoms with Crippen LogP contribution in [0.2, 0.25) is 0 Å². The minimum absolute atomic E-state index is 0.156. The van der Waals surface area contributed by atoms with Gasteiger partial charge < -0.3 is 5.32 Å². The lowest BCUT2D eigenvalue weighted by Crippen LogP contribution is -2.15. The highest BCUT2D eigenvalue weighted by Crippen LogP contribution is 2.14. The average molecular weight is 249 g/mol. The molecule has 1 heterocycles. The summed E-state index contributed by atoms with van der Waals surface area (Å²) >= 11 is 1.81. The van der Waals surface area contributed by atoms with Crippen LogP contribution in [-0.2, 0) is 13.0 Å². The normalized spacial score (nSPS) is 10.7. The van der Waals surface area contributed by atoms with Crippen molar-refractivity contribution in [3.63, 3.8) is 0 Å². The van der Waals surface area contributed by atoms with Crippen LogP contribution in [0.15, 0.2) is 36.4 Å². The first-order chi connectivity index (χ1) is 8.24. The molecule has 0 fully saturated rings. The van der Waals surface area contributed by atoms with Gasteiger partial charge in [-0.1, -0.05) is 12.1 Å². The topological polar surface area (TPSA) is 12.0 Å². The van der Waals surface area contributed by atoms with E-state index in [4.69, 9.17) is 0 Å². The van der Waals surface area contributed by atoms with E-state index in [-0.39, 0.29) is 5.82 Å². The Bertz CT molecular complexity index is 479. The third kappa shape index (κ3) is 3.95. The maximum atomic E-state index is 12.9. The Kier molecular flexibility index (Phi) is 4.29. The van der Waals surface area contributed by atoms with E-state index in [1.165, 1.54) is 15.8 Å². The van der Waals surface area contributed by atoms with Crippen LogP contribution in [0.5, 0.6) is 0 Å². The predicted molar refractivity (Wildman–Crippen MR) is 70.9 cm³/mol. The lowest BCUT2D eigenvalue weighted by Gasteiger charge is -2.03. The molecule has 1 aromatic heterocycles. The van der Waals surface area contributed by atoms with Gasteiger partial charge >= 0.3 is 0 Å². The number of hydrogen-bond donors (Lipinski definition) is 1. The highest BCUT2D eigenvalue weighted by atomic mass is 32.1. The molecule has 17 heavy (non-hydrogen) atoms. The Hall–Kier alpha value is -1.19. The molecule has 0 saturated carbocycles. The molecule has 0 unspecified atom stereocenters. The zero-order valence-electron chi connectivity index (χ0n) is 9.87. The largest absolute Gasteiger partial charge is 0.312 e. The van der Waals surface area contributed by atoms with Gasteiger partial charge in [0.2, 0.25) is 0 Å². The lowest BCUT2D eigenvalue weighted by atomic mass is 10.1. The molecular weight excluding hydrogens is 233 g/mol. The molecule has 0 bridgehead atoms. The molecule has 2 rings (SSSR count).